The number of ether oxygens (including phenoxy) is 1. The van der Waals surface area contributed by atoms with Gasteiger partial charge in [0.2, 0.25) is 0 Å². The molecule has 1 fully saturated rings. The molecular formula is C14H19N3O2. The molecular weight excluding hydrogens is 242 g/mol. The first kappa shape index (κ1) is 13.4. The Hall–Kier alpha value is -2.04. The zero-order chi connectivity index (χ0) is 13.5. The number of anilines is 1. The Labute approximate surface area is 113 Å². The summed E-state index contributed by atoms with van der Waals surface area (Å²) in [6, 6.07) is 7.43. The van der Waals surface area contributed by atoms with E-state index in [-0.39, 0.29) is 12.5 Å². The fourth-order valence-electron chi connectivity index (χ4n) is 1.97. The molecule has 1 aromatic carbocycles. The average Bonchev–Trinajstić information content (AvgIpc) is 2.96. The predicted octanol–water partition coefficient (Wildman–Crippen LogP) is 2.15. The van der Waals surface area contributed by atoms with Crippen LogP contribution in [0.1, 0.15) is 25.7 Å². The highest BCUT2D eigenvalue weighted by Crippen LogP contribution is 2.15. The fourth-order valence-corrected chi connectivity index (χ4v) is 1.97. The molecule has 0 atom stereocenters. The Balaban J connectivity index is 1.74. The van der Waals surface area contributed by atoms with Crippen LogP contribution in [0.5, 0.6) is 5.75 Å². The number of nitrogens with one attached hydrogen (secondary N) is 2. The summed E-state index contributed by atoms with van der Waals surface area (Å²) < 4.78 is 5.07. The highest BCUT2D eigenvalue weighted by atomic mass is 16.5. The number of amides is 1. The van der Waals surface area contributed by atoms with E-state index >= 15 is 0 Å². The molecule has 19 heavy (non-hydrogen) atoms. The Morgan fingerprint density at radius 1 is 1.26 bits per heavy atom. The highest BCUT2D eigenvalue weighted by molar-refractivity contribution is 5.88. The first-order valence-corrected chi connectivity index (χ1v) is 6.50. The second-order valence-corrected chi connectivity index (χ2v) is 4.50. The van der Waals surface area contributed by atoms with E-state index in [1.807, 2.05) is 24.3 Å². The van der Waals surface area contributed by atoms with Crippen LogP contribution in [-0.2, 0) is 4.79 Å². The quantitative estimate of drug-likeness (QED) is 0.798. The van der Waals surface area contributed by atoms with Crippen molar-refractivity contribution < 1.29 is 9.53 Å². The summed E-state index contributed by atoms with van der Waals surface area (Å²) in [5.41, 5.74) is 4.55. The first-order valence-electron chi connectivity index (χ1n) is 6.50. The summed E-state index contributed by atoms with van der Waals surface area (Å²) in [7, 11) is 1.62. The van der Waals surface area contributed by atoms with E-state index in [0.29, 0.717) is 0 Å². The molecule has 0 bridgehead atoms. The molecule has 0 spiro atoms. The van der Waals surface area contributed by atoms with E-state index in [0.717, 1.165) is 30.0 Å². The third kappa shape index (κ3) is 4.28. The highest BCUT2D eigenvalue weighted by Gasteiger charge is 2.08. The Kier molecular flexibility index (Phi) is 4.78. The summed E-state index contributed by atoms with van der Waals surface area (Å²) in [4.78, 5) is 11.6. The minimum Gasteiger partial charge on any atom is -0.497 e. The molecule has 1 aromatic rings. The van der Waals surface area contributed by atoms with E-state index in [1.165, 1.54) is 12.8 Å². The van der Waals surface area contributed by atoms with Crippen LogP contribution in [0.3, 0.4) is 0 Å². The summed E-state index contributed by atoms with van der Waals surface area (Å²) in [6.07, 6.45) is 4.37. The van der Waals surface area contributed by atoms with Crippen molar-refractivity contribution in [2.75, 3.05) is 19.0 Å². The van der Waals surface area contributed by atoms with Gasteiger partial charge < -0.3 is 10.1 Å². The van der Waals surface area contributed by atoms with Crippen LogP contribution in [0.4, 0.5) is 5.69 Å². The number of hydrogen-bond donors (Lipinski definition) is 2. The molecule has 102 valence electrons. The number of hydrazone groups is 1. The SMILES string of the molecule is COc1ccc(NCC(=O)NN=C2CCCC2)cc1. The third-order valence-corrected chi connectivity index (χ3v) is 3.06. The van der Waals surface area contributed by atoms with Gasteiger partial charge in [0, 0.05) is 11.4 Å². The number of carbonyl (C=O) groups excluding carboxylic acids is 1. The van der Waals surface area contributed by atoms with Crippen molar-refractivity contribution in [2.45, 2.75) is 25.7 Å². The van der Waals surface area contributed by atoms with Crippen LogP contribution in [0, 0.1) is 0 Å². The van der Waals surface area contributed by atoms with Crippen LogP contribution in [-0.4, -0.2) is 25.3 Å². The zero-order valence-electron chi connectivity index (χ0n) is 11.1. The summed E-state index contributed by atoms with van der Waals surface area (Å²) in [6.45, 7) is 0.211. The molecule has 2 rings (SSSR count). The lowest BCUT2D eigenvalue weighted by atomic mass is 10.3. The maximum Gasteiger partial charge on any atom is 0.259 e. The average molecular weight is 261 g/mol. The van der Waals surface area contributed by atoms with E-state index in [4.69, 9.17) is 4.74 Å². The van der Waals surface area contributed by atoms with Crippen LogP contribution < -0.4 is 15.5 Å². The molecule has 0 heterocycles. The van der Waals surface area contributed by atoms with Gasteiger partial charge in [-0.05, 0) is 49.9 Å². The molecule has 1 saturated carbocycles. The van der Waals surface area contributed by atoms with Gasteiger partial charge in [0.05, 0.1) is 13.7 Å². The van der Waals surface area contributed by atoms with E-state index in [1.54, 1.807) is 7.11 Å². The molecule has 0 aliphatic heterocycles. The van der Waals surface area contributed by atoms with Gasteiger partial charge in [0.1, 0.15) is 5.75 Å². The normalized spacial score (nSPS) is 14.1. The van der Waals surface area contributed by atoms with E-state index in [9.17, 15) is 4.79 Å². The van der Waals surface area contributed by atoms with Crippen molar-refractivity contribution in [3.05, 3.63) is 24.3 Å². The third-order valence-electron chi connectivity index (χ3n) is 3.06. The number of rotatable bonds is 5. The van der Waals surface area contributed by atoms with Crippen molar-refractivity contribution in [1.82, 2.24) is 5.43 Å². The van der Waals surface area contributed by atoms with Crippen LogP contribution in [0.15, 0.2) is 29.4 Å². The smallest absolute Gasteiger partial charge is 0.259 e. The molecule has 1 amide bonds. The second kappa shape index (κ2) is 6.78. The molecule has 0 aromatic heterocycles. The molecule has 5 nitrogen and oxygen atoms in total. The lowest BCUT2D eigenvalue weighted by Gasteiger charge is -2.06. The molecule has 1 aliphatic carbocycles. The van der Waals surface area contributed by atoms with E-state index in [2.05, 4.69) is 15.8 Å². The first-order chi connectivity index (χ1) is 9.28. The Bertz CT molecular complexity index is 446. The number of nitrogens with zero attached hydrogens (tertiary/aromatic N) is 1. The van der Waals surface area contributed by atoms with Crippen molar-refractivity contribution in [3.8, 4) is 5.75 Å². The van der Waals surface area contributed by atoms with Crippen LogP contribution in [0.25, 0.3) is 0 Å². The summed E-state index contributed by atoms with van der Waals surface area (Å²) in [5, 5.41) is 7.15. The molecule has 0 unspecified atom stereocenters. The fraction of sp³-hybridized carbons (Fsp3) is 0.429. The number of methoxy groups -OCH3 is 1. The predicted molar refractivity (Wildman–Crippen MR) is 75.5 cm³/mol. The number of benzene rings is 1. The van der Waals surface area contributed by atoms with Gasteiger partial charge in [0.15, 0.2) is 0 Å². The van der Waals surface area contributed by atoms with Gasteiger partial charge in [-0.3, -0.25) is 4.79 Å². The number of hydrogen-bond acceptors (Lipinski definition) is 4. The minimum atomic E-state index is -0.129. The van der Waals surface area contributed by atoms with Crippen molar-refractivity contribution >= 4 is 17.3 Å². The van der Waals surface area contributed by atoms with E-state index < -0.39 is 0 Å². The van der Waals surface area contributed by atoms with Gasteiger partial charge in [-0.15, -0.1) is 0 Å². The van der Waals surface area contributed by atoms with Crippen molar-refractivity contribution in [1.29, 1.82) is 0 Å². The monoisotopic (exact) mass is 261 g/mol. The lowest BCUT2D eigenvalue weighted by molar-refractivity contribution is -0.119. The summed E-state index contributed by atoms with van der Waals surface area (Å²) >= 11 is 0. The topological polar surface area (TPSA) is 62.7 Å². The standard InChI is InChI=1S/C14H19N3O2/c1-19-13-8-6-11(7-9-13)15-10-14(18)17-16-12-4-2-3-5-12/h6-9,15H,2-5,10H2,1H3,(H,17,18). The van der Waals surface area contributed by atoms with Gasteiger partial charge >= 0.3 is 0 Å². The maximum atomic E-state index is 11.6. The molecule has 2 N–H and O–H groups in total. The second-order valence-electron chi connectivity index (χ2n) is 4.50. The number of carbonyl (C=O) groups is 1. The van der Waals surface area contributed by atoms with Crippen molar-refractivity contribution in [2.24, 2.45) is 5.10 Å². The Morgan fingerprint density at radius 3 is 2.58 bits per heavy atom. The molecule has 5 heteroatoms. The zero-order valence-corrected chi connectivity index (χ0v) is 11.1. The van der Waals surface area contributed by atoms with Crippen LogP contribution >= 0.6 is 0 Å². The van der Waals surface area contributed by atoms with Gasteiger partial charge in [-0.2, -0.15) is 5.10 Å². The molecule has 1 aliphatic rings. The van der Waals surface area contributed by atoms with Crippen LogP contribution in [0.2, 0.25) is 0 Å². The minimum absolute atomic E-state index is 0.129. The summed E-state index contributed by atoms with van der Waals surface area (Å²) in [5.74, 6) is 0.665. The maximum absolute atomic E-state index is 11.6. The van der Waals surface area contributed by atoms with Crippen molar-refractivity contribution in [3.63, 3.8) is 0 Å². The molecule has 0 radical (unpaired) electrons. The van der Waals surface area contributed by atoms with Gasteiger partial charge in [-0.25, -0.2) is 5.43 Å². The molecule has 0 saturated heterocycles. The lowest BCUT2D eigenvalue weighted by Crippen LogP contribution is -2.26. The Morgan fingerprint density at radius 2 is 1.95 bits per heavy atom. The van der Waals surface area contributed by atoms with Gasteiger partial charge in [0.25, 0.3) is 5.91 Å². The largest absolute Gasteiger partial charge is 0.497 e. The van der Waals surface area contributed by atoms with Gasteiger partial charge in [-0.1, -0.05) is 0 Å².